The van der Waals surface area contributed by atoms with Gasteiger partial charge in [0.05, 0.1) is 19.9 Å². The number of nitrogens with zero attached hydrogens (tertiary/aromatic N) is 1. The second-order valence-corrected chi connectivity index (χ2v) is 5.05. The smallest absolute Gasteiger partial charge is 0.228 e. The van der Waals surface area contributed by atoms with Crippen LogP contribution in [0.25, 0.3) is 0 Å². The van der Waals surface area contributed by atoms with Crippen LogP contribution in [0.5, 0.6) is 17.2 Å². The summed E-state index contributed by atoms with van der Waals surface area (Å²) in [7, 11) is 3.08. The van der Waals surface area contributed by atoms with Gasteiger partial charge in [-0.05, 0) is 18.2 Å². The van der Waals surface area contributed by atoms with Crippen LogP contribution in [0.4, 0.5) is 5.69 Å². The molecule has 0 saturated heterocycles. The van der Waals surface area contributed by atoms with Gasteiger partial charge in [0.15, 0.2) is 30.5 Å². The molecule has 0 amide bonds. The second kappa shape index (κ2) is 7.04. The maximum atomic E-state index is 11.4. The molecular formula is C18H17NO5. The van der Waals surface area contributed by atoms with Gasteiger partial charge in [-0.15, -0.1) is 0 Å². The van der Waals surface area contributed by atoms with E-state index in [0.29, 0.717) is 34.4 Å². The highest BCUT2D eigenvalue weighted by Crippen LogP contribution is 2.40. The Morgan fingerprint density at radius 3 is 2.50 bits per heavy atom. The van der Waals surface area contributed by atoms with Crippen molar-refractivity contribution in [3.63, 3.8) is 0 Å². The van der Waals surface area contributed by atoms with Gasteiger partial charge in [0.25, 0.3) is 0 Å². The van der Waals surface area contributed by atoms with Crippen LogP contribution in [0.2, 0.25) is 0 Å². The van der Waals surface area contributed by atoms with Crippen molar-refractivity contribution in [2.24, 2.45) is 4.99 Å². The fraction of sp³-hybridized carbons (Fsp3) is 0.222. The normalized spacial score (nSPS) is 15.6. The summed E-state index contributed by atoms with van der Waals surface area (Å²) in [6.07, 6.45) is -0.0336. The summed E-state index contributed by atoms with van der Waals surface area (Å²) in [5.41, 5.74) is 1.23. The Balaban J connectivity index is 1.88. The van der Waals surface area contributed by atoms with Crippen LogP contribution in [0, 0.1) is 0 Å². The summed E-state index contributed by atoms with van der Waals surface area (Å²) in [5, 5.41) is 0. The van der Waals surface area contributed by atoms with Crippen LogP contribution in [0.3, 0.4) is 0 Å². The highest BCUT2D eigenvalue weighted by atomic mass is 16.5. The Hall–Kier alpha value is -3.02. The molecule has 24 heavy (non-hydrogen) atoms. The van der Waals surface area contributed by atoms with E-state index in [-0.39, 0.29) is 6.61 Å². The molecule has 0 saturated carbocycles. The molecule has 6 nitrogen and oxygen atoms in total. The van der Waals surface area contributed by atoms with Crippen molar-refractivity contribution in [3.8, 4) is 17.2 Å². The van der Waals surface area contributed by atoms with Gasteiger partial charge in [-0.25, -0.2) is 4.99 Å². The van der Waals surface area contributed by atoms with E-state index in [1.165, 1.54) is 7.11 Å². The van der Waals surface area contributed by atoms with Crippen molar-refractivity contribution < 1.29 is 23.7 Å². The third-order valence-corrected chi connectivity index (χ3v) is 3.58. The highest BCUT2D eigenvalue weighted by molar-refractivity contribution is 5.87. The van der Waals surface area contributed by atoms with Gasteiger partial charge < -0.3 is 18.9 Å². The third-order valence-electron chi connectivity index (χ3n) is 3.58. The molecule has 2 aromatic carbocycles. The first kappa shape index (κ1) is 15.9. The maximum Gasteiger partial charge on any atom is 0.228 e. The standard InChI is InChI=1S/C18H17NO5/c1-21-15-8-13-14(9-16(15)22-2)19-18(24-17(13)10-20)11-23-12-6-4-3-5-7-12/h3-10,17H,11H2,1-2H3. The van der Waals surface area contributed by atoms with Crippen molar-refractivity contribution in [2.75, 3.05) is 20.8 Å². The van der Waals surface area contributed by atoms with Crippen LogP contribution in [-0.4, -0.2) is 33.0 Å². The van der Waals surface area contributed by atoms with E-state index >= 15 is 0 Å². The molecule has 0 spiro atoms. The number of ether oxygens (including phenoxy) is 4. The first-order valence-electron chi connectivity index (χ1n) is 7.38. The fourth-order valence-corrected chi connectivity index (χ4v) is 2.41. The molecular weight excluding hydrogens is 310 g/mol. The minimum atomic E-state index is -0.758. The minimum Gasteiger partial charge on any atom is -0.493 e. The van der Waals surface area contributed by atoms with E-state index in [4.69, 9.17) is 18.9 Å². The summed E-state index contributed by atoms with van der Waals surface area (Å²) < 4.78 is 21.8. The van der Waals surface area contributed by atoms with Crippen molar-refractivity contribution in [1.82, 2.24) is 0 Å². The van der Waals surface area contributed by atoms with Gasteiger partial charge in [-0.1, -0.05) is 18.2 Å². The lowest BCUT2D eigenvalue weighted by Gasteiger charge is -2.23. The third kappa shape index (κ3) is 3.17. The molecule has 1 atom stereocenters. The average Bonchev–Trinajstić information content (AvgIpc) is 2.65. The largest absolute Gasteiger partial charge is 0.493 e. The number of aliphatic imine (C=N–C) groups is 1. The summed E-state index contributed by atoms with van der Waals surface area (Å²) in [6.45, 7) is 0.127. The first-order valence-corrected chi connectivity index (χ1v) is 7.38. The van der Waals surface area contributed by atoms with Gasteiger partial charge in [-0.2, -0.15) is 0 Å². The number of rotatable bonds is 6. The molecule has 0 bridgehead atoms. The van der Waals surface area contributed by atoms with Crippen LogP contribution in [0.1, 0.15) is 11.7 Å². The van der Waals surface area contributed by atoms with E-state index in [1.54, 1.807) is 19.2 Å². The Bertz CT molecular complexity index is 758. The predicted octanol–water partition coefficient (Wildman–Crippen LogP) is 3.08. The van der Waals surface area contributed by atoms with Crippen molar-refractivity contribution >= 4 is 17.9 Å². The number of hydrogen-bond donors (Lipinski definition) is 0. The molecule has 2 aromatic rings. The number of aldehydes is 1. The van der Waals surface area contributed by atoms with E-state index < -0.39 is 6.10 Å². The molecule has 1 heterocycles. The Kier molecular flexibility index (Phi) is 4.65. The van der Waals surface area contributed by atoms with Gasteiger partial charge in [-0.3, -0.25) is 4.79 Å². The minimum absolute atomic E-state index is 0.127. The lowest BCUT2D eigenvalue weighted by molar-refractivity contribution is -0.114. The average molecular weight is 327 g/mol. The molecule has 1 aliphatic rings. The molecule has 0 aliphatic carbocycles. The Morgan fingerprint density at radius 2 is 1.83 bits per heavy atom. The SMILES string of the molecule is COc1cc2c(cc1OC)C(C=O)OC(COc1ccccc1)=N2. The zero-order valence-corrected chi connectivity index (χ0v) is 13.4. The number of carbonyl (C=O) groups excluding carboxylic acids is 1. The Labute approximate surface area is 139 Å². The zero-order valence-electron chi connectivity index (χ0n) is 13.4. The molecule has 124 valence electrons. The summed E-state index contributed by atoms with van der Waals surface area (Å²) in [6, 6.07) is 12.7. The second-order valence-electron chi connectivity index (χ2n) is 5.05. The van der Waals surface area contributed by atoms with Crippen LogP contribution in [-0.2, 0) is 9.53 Å². The van der Waals surface area contributed by atoms with Gasteiger partial charge in [0.2, 0.25) is 5.90 Å². The highest BCUT2D eigenvalue weighted by Gasteiger charge is 2.26. The molecule has 0 fully saturated rings. The lowest BCUT2D eigenvalue weighted by atomic mass is 10.1. The number of para-hydroxylation sites is 1. The Morgan fingerprint density at radius 1 is 1.12 bits per heavy atom. The van der Waals surface area contributed by atoms with Gasteiger partial charge >= 0.3 is 0 Å². The summed E-state index contributed by atoms with van der Waals surface area (Å²) in [4.78, 5) is 15.8. The molecule has 0 aromatic heterocycles. The van der Waals surface area contributed by atoms with Gasteiger partial charge in [0.1, 0.15) is 5.75 Å². The molecule has 3 rings (SSSR count). The van der Waals surface area contributed by atoms with E-state index in [9.17, 15) is 4.79 Å². The quantitative estimate of drug-likeness (QED) is 0.763. The topological polar surface area (TPSA) is 66.4 Å². The number of carbonyl (C=O) groups is 1. The first-order chi connectivity index (χ1) is 11.7. The number of hydrogen-bond acceptors (Lipinski definition) is 6. The van der Waals surface area contributed by atoms with E-state index in [2.05, 4.69) is 4.99 Å². The number of methoxy groups -OCH3 is 2. The summed E-state index contributed by atoms with van der Waals surface area (Å²) >= 11 is 0. The van der Waals surface area contributed by atoms with E-state index in [1.807, 2.05) is 30.3 Å². The number of benzene rings is 2. The monoisotopic (exact) mass is 327 g/mol. The maximum absolute atomic E-state index is 11.4. The van der Waals surface area contributed by atoms with Crippen LogP contribution >= 0.6 is 0 Å². The molecule has 0 N–H and O–H groups in total. The number of fused-ring (bicyclic) bond motifs is 1. The zero-order chi connectivity index (χ0) is 16.9. The summed E-state index contributed by atoms with van der Waals surface area (Å²) in [5.74, 6) is 2.08. The fourth-order valence-electron chi connectivity index (χ4n) is 2.41. The molecule has 1 unspecified atom stereocenters. The van der Waals surface area contributed by atoms with Crippen LogP contribution in [0.15, 0.2) is 47.5 Å². The van der Waals surface area contributed by atoms with Crippen molar-refractivity contribution in [2.45, 2.75) is 6.10 Å². The molecule has 0 radical (unpaired) electrons. The van der Waals surface area contributed by atoms with Crippen molar-refractivity contribution in [3.05, 3.63) is 48.0 Å². The molecule has 6 heteroatoms. The predicted molar refractivity (Wildman–Crippen MR) is 88.5 cm³/mol. The van der Waals surface area contributed by atoms with Crippen molar-refractivity contribution in [1.29, 1.82) is 0 Å². The molecule has 1 aliphatic heterocycles. The van der Waals surface area contributed by atoms with Crippen LogP contribution < -0.4 is 14.2 Å². The lowest BCUT2D eigenvalue weighted by Crippen LogP contribution is -2.22. The van der Waals surface area contributed by atoms with E-state index in [0.717, 1.165) is 6.29 Å². The van der Waals surface area contributed by atoms with Gasteiger partial charge in [0, 0.05) is 11.6 Å².